The average Bonchev–Trinajstić information content (AvgIpc) is 2.60. The zero-order valence-corrected chi connectivity index (χ0v) is 15.5. The summed E-state index contributed by atoms with van der Waals surface area (Å²) in [5.41, 5.74) is 2.71. The molecule has 2 aromatic carbocycles. The summed E-state index contributed by atoms with van der Waals surface area (Å²) >= 11 is 0. The summed E-state index contributed by atoms with van der Waals surface area (Å²) in [5.74, 6) is 0.749. The van der Waals surface area contributed by atoms with Crippen LogP contribution in [0.3, 0.4) is 0 Å². The molecule has 0 aliphatic carbocycles. The summed E-state index contributed by atoms with van der Waals surface area (Å²) in [5, 5.41) is 2.74. The molecule has 6 heteroatoms. The summed E-state index contributed by atoms with van der Waals surface area (Å²) in [6.45, 7) is 3.74. The van der Waals surface area contributed by atoms with Gasteiger partial charge in [-0.2, -0.15) is 0 Å². The quantitative estimate of drug-likeness (QED) is 0.828. The Balaban J connectivity index is 1.84. The monoisotopic (exact) mass is 356 g/mol. The number of nitrogens with one attached hydrogen (secondary N) is 1. The summed E-state index contributed by atoms with van der Waals surface area (Å²) in [6.07, 6.45) is 0. The van der Waals surface area contributed by atoms with Crippen LogP contribution in [0.2, 0.25) is 0 Å². The number of hydrogen-bond acceptors (Lipinski definition) is 4. The number of methoxy groups -OCH3 is 1. The Kier molecular flexibility index (Phi) is 6.60. The van der Waals surface area contributed by atoms with Gasteiger partial charge in [-0.3, -0.25) is 9.59 Å². The second kappa shape index (κ2) is 8.89. The highest BCUT2D eigenvalue weighted by molar-refractivity contribution is 5.94. The smallest absolute Gasteiger partial charge is 0.260 e. The molecular formula is C20H24N2O4. The van der Waals surface area contributed by atoms with E-state index in [-0.39, 0.29) is 25.0 Å². The molecular weight excluding hydrogens is 332 g/mol. The molecule has 1 N–H and O–H groups in total. The van der Waals surface area contributed by atoms with E-state index in [4.69, 9.17) is 9.47 Å². The lowest BCUT2D eigenvalue weighted by Gasteiger charge is -2.18. The van der Waals surface area contributed by atoms with Gasteiger partial charge in [-0.1, -0.05) is 23.8 Å². The number of aryl methyl sites for hydroxylation is 2. The van der Waals surface area contributed by atoms with Crippen molar-refractivity contribution in [1.29, 1.82) is 0 Å². The van der Waals surface area contributed by atoms with Crippen LogP contribution in [0, 0.1) is 13.8 Å². The third-order valence-electron chi connectivity index (χ3n) is 3.84. The van der Waals surface area contributed by atoms with Crippen LogP contribution in [0.5, 0.6) is 11.5 Å². The highest BCUT2D eigenvalue weighted by Crippen LogP contribution is 2.19. The van der Waals surface area contributed by atoms with Gasteiger partial charge in [0.25, 0.3) is 5.91 Å². The first-order valence-corrected chi connectivity index (χ1v) is 8.27. The Morgan fingerprint density at radius 2 is 1.88 bits per heavy atom. The highest BCUT2D eigenvalue weighted by Gasteiger charge is 2.14. The van der Waals surface area contributed by atoms with Gasteiger partial charge in [0.15, 0.2) is 6.61 Å². The largest absolute Gasteiger partial charge is 0.497 e. The summed E-state index contributed by atoms with van der Waals surface area (Å²) < 4.78 is 10.7. The van der Waals surface area contributed by atoms with Gasteiger partial charge in [0.2, 0.25) is 5.91 Å². The minimum atomic E-state index is -0.291. The van der Waals surface area contributed by atoms with Crippen LogP contribution < -0.4 is 14.8 Å². The van der Waals surface area contributed by atoms with Gasteiger partial charge in [0, 0.05) is 18.8 Å². The first kappa shape index (κ1) is 19.3. The number of carbonyl (C=O) groups is 2. The van der Waals surface area contributed by atoms with Crippen LogP contribution in [0.1, 0.15) is 11.1 Å². The predicted molar refractivity (Wildman–Crippen MR) is 101 cm³/mol. The predicted octanol–water partition coefficient (Wildman–Crippen LogP) is 2.79. The van der Waals surface area contributed by atoms with E-state index >= 15 is 0 Å². The molecule has 2 rings (SSSR count). The number of ether oxygens (including phenoxy) is 2. The van der Waals surface area contributed by atoms with Gasteiger partial charge >= 0.3 is 0 Å². The van der Waals surface area contributed by atoms with Gasteiger partial charge in [-0.25, -0.2) is 0 Å². The van der Waals surface area contributed by atoms with Crippen molar-refractivity contribution in [2.24, 2.45) is 0 Å². The van der Waals surface area contributed by atoms with Crippen LogP contribution in [0.4, 0.5) is 5.69 Å². The third kappa shape index (κ3) is 5.51. The molecule has 0 heterocycles. The molecule has 0 fully saturated rings. The van der Waals surface area contributed by atoms with Crippen LogP contribution in [-0.4, -0.2) is 44.0 Å². The molecule has 0 bridgehead atoms. The number of carbonyl (C=O) groups excluding carboxylic acids is 2. The number of nitrogens with zero attached hydrogens (tertiary/aromatic N) is 1. The number of amides is 2. The summed E-state index contributed by atoms with van der Waals surface area (Å²) in [4.78, 5) is 25.6. The van der Waals surface area contributed by atoms with Crippen molar-refractivity contribution in [3.05, 3.63) is 53.6 Å². The Hall–Kier alpha value is -3.02. The van der Waals surface area contributed by atoms with Gasteiger partial charge in [-0.05, 0) is 37.6 Å². The first-order valence-electron chi connectivity index (χ1n) is 8.27. The van der Waals surface area contributed by atoms with Crippen LogP contribution in [0.15, 0.2) is 42.5 Å². The van der Waals surface area contributed by atoms with Crippen LogP contribution in [0.25, 0.3) is 0 Å². The third-order valence-corrected chi connectivity index (χ3v) is 3.84. The van der Waals surface area contributed by atoms with Crippen molar-refractivity contribution in [1.82, 2.24) is 4.90 Å². The van der Waals surface area contributed by atoms with Crippen LogP contribution in [-0.2, 0) is 9.59 Å². The van der Waals surface area contributed by atoms with Crippen molar-refractivity contribution in [2.45, 2.75) is 13.8 Å². The van der Waals surface area contributed by atoms with E-state index in [1.54, 1.807) is 38.4 Å². The fourth-order valence-electron chi connectivity index (χ4n) is 2.42. The van der Waals surface area contributed by atoms with E-state index in [0.29, 0.717) is 17.2 Å². The maximum Gasteiger partial charge on any atom is 0.260 e. The van der Waals surface area contributed by atoms with E-state index in [0.717, 1.165) is 11.1 Å². The van der Waals surface area contributed by atoms with Gasteiger partial charge in [0.05, 0.1) is 13.7 Å². The van der Waals surface area contributed by atoms with E-state index in [1.165, 1.54) is 4.90 Å². The fourth-order valence-corrected chi connectivity index (χ4v) is 2.42. The molecule has 0 aromatic heterocycles. The second-order valence-electron chi connectivity index (χ2n) is 6.09. The maximum absolute atomic E-state index is 12.2. The molecule has 0 unspecified atom stereocenters. The first-order chi connectivity index (χ1) is 12.4. The Morgan fingerprint density at radius 1 is 1.12 bits per heavy atom. The highest BCUT2D eigenvalue weighted by atomic mass is 16.5. The molecule has 6 nitrogen and oxygen atoms in total. The Bertz CT molecular complexity index is 789. The minimum absolute atomic E-state index is 0.0632. The normalized spacial score (nSPS) is 10.2. The Morgan fingerprint density at radius 3 is 2.58 bits per heavy atom. The molecule has 0 aliphatic heterocycles. The standard InChI is InChI=1S/C20H24N2O4/c1-14-8-9-18(15(2)10-14)26-13-20(24)22(3)12-19(23)21-16-6-5-7-17(11-16)25-4/h5-11H,12-13H2,1-4H3,(H,21,23). The molecule has 138 valence electrons. The van der Waals surface area contributed by atoms with Crippen molar-refractivity contribution in [3.8, 4) is 11.5 Å². The van der Waals surface area contributed by atoms with E-state index in [9.17, 15) is 9.59 Å². The molecule has 0 radical (unpaired) electrons. The molecule has 2 aromatic rings. The number of rotatable bonds is 7. The van der Waals surface area contributed by atoms with Gasteiger partial charge in [0.1, 0.15) is 11.5 Å². The van der Waals surface area contributed by atoms with E-state index in [2.05, 4.69) is 5.32 Å². The molecule has 0 saturated heterocycles. The van der Waals surface area contributed by atoms with E-state index < -0.39 is 0 Å². The van der Waals surface area contributed by atoms with Gasteiger partial charge in [-0.15, -0.1) is 0 Å². The van der Waals surface area contributed by atoms with Crippen molar-refractivity contribution in [2.75, 3.05) is 32.6 Å². The molecule has 0 spiro atoms. The number of hydrogen-bond donors (Lipinski definition) is 1. The molecule has 0 saturated carbocycles. The zero-order chi connectivity index (χ0) is 19.1. The van der Waals surface area contributed by atoms with Gasteiger partial charge < -0.3 is 19.7 Å². The zero-order valence-electron chi connectivity index (χ0n) is 15.5. The van der Waals surface area contributed by atoms with Crippen molar-refractivity contribution in [3.63, 3.8) is 0 Å². The molecule has 0 atom stereocenters. The number of likely N-dealkylation sites (N-methyl/N-ethyl adjacent to an activating group) is 1. The van der Waals surface area contributed by atoms with Crippen molar-refractivity contribution < 1.29 is 19.1 Å². The van der Waals surface area contributed by atoms with E-state index in [1.807, 2.05) is 32.0 Å². The number of anilines is 1. The minimum Gasteiger partial charge on any atom is -0.497 e. The fraction of sp³-hybridized carbons (Fsp3) is 0.300. The number of benzene rings is 2. The van der Waals surface area contributed by atoms with Crippen LogP contribution >= 0.6 is 0 Å². The SMILES string of the molecule is COc1cccc(NC(=O)CN(C)C(=O)COc2ccc(C)cc2C)c1. The molecule has 2 amide bonds. The van der Waals surface area contributed by atoms with Crippen molar-refractivity contribution >= 4 is 17.5 Å². The Labute approximate surface area is 153 Å². The lowest BCUT2D eigenvalue weighted by Crippen LogP contribution is -2.37. The lowest BCUT2D eigenvalue weighted by atomic mass is 10.1. The topological polar surface area (TPSA) is 67.9 Å². The molecule has 0 aliphatic rings. The summed E-state index contributed by atoms with van der Waals surface area (Å²) in [6, 6.07) is 12.8. The molecule has 26 heavy (non-hydrogen) atoms. The lowest BCUT2D eigenvalue weighted by molar-refractivity contribution is -0.135. The summed E-state index contributed by atoms with van der Waals surface area (Å²) in [7, 11) is 3.13. The second-order valence-corrected chi connectivity index (χ2v) is 6.09. The maximum atomic E-state index is 12.2. The average molecular weight is 356 g/mol.